The molecule has 0 fully saturated rings. The maximum Gasteiger partial charge on any atom is 0.416 e. The van der Waals surface area contributed by atoms with Crippen LogP contribution in [-0.2, 0) is 18.1 Å². The number of amides is 2. The van der Waals surface area contributed by atoms with Crippen molar-refractivity contribution in [2.24, 2.45) is 0 Å². The Morgan fingerprint density at radius 3 is 2.47 bits per heavy atom. The fraction of sp³-hybridized carbons (Fsp3) is 0.520. The van der Waals surface area contributed by atoms with E-state index >= 15 is 0 Å². The highest BCUT2D eigenvalue weighted by Crippen LogP contribution is 2.45. The van der Waals surface area contributed by atoms with Gasteiger partial charge in [0.05, 0.1) is 11.1 Å². The summed E-state index contributed by atoms with van der Waals surface area (Å²) < 4.78 is 39.4. The molecule has 0 atom stereocenters. The number of benzene rings is 1. The summed E-state index contributed by atoms with van der Waals surface area (Å²) >= 11 is 1.30. The molecular formula is C25H32F3N3O2S. The van der Waals surface area contributed by atoms with Crippen molar-refractivity contribution < 1.29 is 22.8 Å². The van der Waals surface area contributed by atoms with Gasteiger partial charge in [-0.2, -0.15) is 13.2 Å². The van der Waals surface area contributed by atoms with Gasteiger partial charge in [-0.1, -0.05) is 25.8 Å². The first-order chi connectivity index (χ1) is 15.7. The lowest BCUT2D eigenvalue weighted by atomic mass is 9.81. The molecular weight excluding hydrogens is 463 g/mol. The minimum atomic E-state index is -4.55. The highest BCUT2D eigenvalue weighted by molar-refractivity contribution is 7.17. The molecule has 0 saturated heterocycles. The molecule has 9 heteroatoms. The first-order valence-corrected chi connectivity index (χ1v) is 12.3. The van der Waals surface area contributed by atoms with Gasteiger partial charge in [0.1, 0.15) is 5.00 Å². The molecule has 2 aromatic rings. The molecule has 0 aliphatic carbocycles. The van der Waals surface area contributed by atoms with Gasteiger partial charge in [-0.15, -0.1) is 11.3 Å². The van der Waals surface area contributed by atoms with Crippen molar-refractivity contribution in [1.82, 2.24) is 10.6 Å². The summed E-state index contributed by atoms with van der Waals surface area (Å²) in [6.45, 7) is 10.7. The summed E-state index contributed by atoms with van der Waals surface area (Å²) in [6.07, 6.45) is -1.11. The van der Waals surface area contributed by atoms with E-state index in [4.69, 9.17) is 0 Å². The summed E-state index contributed by atoms with van der Waals surface area (Å²) in [5.74, 6) is -0.962. The van der Waals surface area contributed by atoms with Crippen LogP contribution < -0.4 is 16.0 Å². The third-order valence-corrected chi connectivity index (χ3v) is 7.29. The SMILES string of the molecule is CCCCCNC(=O)c1c(NC(=O)c2cccc(C(F)(F)F)c2)sc2c1CC(C)(C)NC2(C)C. The van der Waals surface area contributed by atoms with Crippen molar-refractivity contribution in [3.8, 4) is 0 Å². The second kappa shape index (κ2) is 9.70. The van der Waals surface area contributed by atoms with E-state index in [2.05, 4.69) is 36.7 Å². The average molecular weight is 496 g/mol. The number of hydrogen-bond donors (Lipinski definition) is 3. The van der Waals surface area contributed by atoms with Gasteiger partial charge in [0.25, 0.3) is 11.8 Å². The van der Waals surface area contributed by atoms with E-state index < -0.39 is 23.2 Å². The Balaban J connectivity index is 1.99. The van der Waals surface area contributed by atoms with E-state index in [1.165, 1.54) is 23.5 Å². The van der Waals surface area contributed by atoms with Gasteiger partial charge >= 0.3 is 6.18 Å². The molecule has 5 nitrogen and oxygen atoms in total. The zero-order valence-electron chi connectivity index (χ0n) is 20.2. The summed E-state index contributed by atoms with van der Waals surface area (Å²) in [5.41, 5.74) is -0.472. The number of rotatable bonds is 7. The largest absolute Gasteiger partial charge is 0.416 e. The van der Waals surface area contributed by atoms with Crippen LogP contribution in [0.15, 0.2) is 24.3 Å². The van der Waals surface area contributed by atoms with Crippen molar-refractivity contribution in [3.05, 3.63) is 51.4 Å². The smallest absolute Gasteiger partial charge is 0.352 e. The maximum absolute atomic E-state index is 13.3. The van der Waals surface area contributed by atoms with Crippen LogP contribution in [0.5, 0.6) is 0 Å². The zero-order chi connectivity index (χ0) is 25.3. The van der Waals surface area contributed by atoms with Gasteiger partial charge in [0.2, 0.25) is 0 Å². The van der Waals surface area contributed by atoms with Crippen LogP contribution in [0.25, 0.3) is 0 Å². The maximum atomic E-state index is 13.3. The molecule has 0 radical (unpaired) electrons. The number of alkyl halides is 3. The number of anilines is 1. The van der Waals surface area contributed by atoms with E-state index in [-0.39, 0.29) is 17.0 Å². The van der Waals surface area contributed by atoms with Crippen molar-refractivity contribution in [2.75, 3.05) is 11.9 Å². The van der Waals surface area contributed by atoms with E-state index in [1.54, 1.807) is 0 Å². The van der Waals surface area contributed by atoms with Gasteiger partial charge in [0, 0.05) is 28.1 Å². The standard InChI is InChI=1S/C25H32F3N3O2S/c1-6-7-8-12-29-21(33)18-17-14-23(2,3)31-24(4,5)19(17)34-22(18)30-20(32)15-10-9-11-16(13-15)25(26,27)28/h9-11,13,31H,6-8,12,14H2,1-5H3,(H,29,33)(H,30,32). The summed E-state index contributed by atoms with van der Waals surface area (Å²) in [6, 6.07) is 4.28. The van der Waals surface area contributed by atoms with Gasteiger partial charge < -0.3 is 16.0 Å². The molecule has 0 spiro atoms. The minimum absolute atomic E-state index is 0.117. The topological polar surface area (TPSA) is 70.2 Å². The first kappa shape index (κ1) is 26.2. The third-order valence-electron chi connectivity index (χ3n) is 5.82. The Kier molecular flexibility index (Phi) is 7.48. The number of halogens is 3. The molecule has 3 rings (SSSR count). The Hall–Kier alpha value is -2.39. The molecule has 2 amide bonds. The molecule has 2 heterocycles. The lowest BCUT2D eigenvalue weighted by Gasteiger charge is -2.42. The number of carbonyl (C=O) groups is 2. The van der Waals surface area contributed by atoms with Crippen LogP contribution in [0.2, 0.25) is 0 Å². The lowest BCUT2D eigenvalue weighted by molar-refractivity contribution is -0.137. The predicted molar refractivity (Wildman–Crippen MR) is 130 cm³/mol. The van der Waals surface area contributed by atoms with E-state index in [9.17, 15) is 22.8 Å². The number of unbranched alkanes of at least 4 members (excludes halogenated alkanes) is 2. The summed E-state index contributed by atoms with van der Waals surface area (Å²) in [5, 5.41) is 9.62. The van der Waals surface area contributed by atoms with Gasteiger partial charge in [-0.3, -0.25) is 9.59 Å². The molecule has 0 saturated carbocycles. The molecule has 1 aromatic heterocycles. The molecule has 1 aromatic carbocycles. The average Bonchev–Trinajstić information content (AvgIpc) is 3.07. The summed E-state index contributed by atoms with van der Waals surface area (Å²) in [4.78, 5) is 27.1. The van der Waals surface area contributed by atoms with Crippen LogP contribution in [-0.4, -0.2) is 23.9 Å². The van der Waals surface area contributed by atoms with Crippen LogP contribution in [0.1, 0.15) is 90.6 Å². The van der Waals surface area contributed by atoms with Gasteiger partial charge in [-0.25, -0.2) is 0 Å². The molecule has 3 N–H and O–H groups in total. The van der Waals surface area contributed by atoms with Crippen molar-refractivity contribution >= 4 is 28.2 Å². The van der Waals surface area contributed by atoms with Gasteiger partial charge in [0.15, 0.2) is 0 Å². The second-order valence-corrected chi connectivity index (χ2v) is 10.9. The van der Waals surface area contributed by atoms with E-state index in [0.29, 0.717) is 23.5 Å². The number of hydrogen-bond acceptors (Lipinski definition) is 4. The first-order valence-electron chi connectivity index (χ1n) is 11.5. The monoisotopic (exact) mass is 495 g/mol. The van der Waals surface area contributed by atoms with Gasteiger partial charge in [-0.05, 0) is 64.3 Å². The molecule has 0 unspecified atom stereocenters. The molecule has 186 valence electrons. The fourth-order valence-electron chi connectivity index (χ4n) is 4.53. The fourth-order valence-corrected chi connectivity index (χ4v) is 5.80. The number of carbonyl (C=O) groups excluding carboxylic acids is 2. The summed E-state index contributed by atoms with van der Waals surface area (Å²) in [7, 11) is 0. The molecule has 34 heavy (non-hydrogen) atoms. The van der Waals surface area contributed by atoms with Crippen LogP contribution in [0.4, 0.5) is 18.2 Å². The zero-order valence-corrected chi connectivity index (χ0v) is 21.0. The minimum Gasteiger partial charge on any atom is -0.352 e. The van der Waals surface area contributed by atoms with Crippen molar-refractivity contribution in [1.29, 1.82) is 0 Å². The van der Waals surface area contributed by atoms with E-state index in [0.717, 1.165) is 41.8 Å². The highest BCUT2D eigenvalue weighted by atomic mass is 32.1. The molecule has 0 bridgehead atoms. The van der Waals surface area contributed by atoms with E-state index in [1.807, 2.05) is 13.8 Å². The van der Waals surface area contributed by atoms with Crippen LogP contribution >= 0.6 is 11.3 Å². The number of fused-ring (bicyclic) bond motifs is 1. The normalized spacial score (nSPS) is 16.6. The van der Waals surface area contributed by atoms with Crippen molar-refractivity contribution in [3.63, 3.8) is 0 Å². The third kappa shape index (κ3) is 5.81. The Bertz CT molecular complexity index is 1070. The number of thiophene rings is 1. The lowest BCUT2D eigenvalue weighted by Crippen LogP contribution is -2.55. The Morgan fingerprint density at radius 1 is 1.12 bits per heavy atom. The Morgan fingerprint density at radius 2 is 1.82 bits per heavy atom. The molecule has 1 aliphatic rings. The highest BCUT2D eigenvalue weighted by Gasteiger charge is 2.42. The quantitative estimate of drug-likeness (QED) is 0.407. The second-order valence-electron chi connectivity index (χ2n) is 9.92. The van der Waals surface area contributed by atoms with Crippen LogP contribution in [0.3, 0.4) is 0 Å². The van der Waals surface area contributed by atoms with Crippen LogP contribution in [0, 0.1) is 0 Å². The predicted octanol–water partition coefficient (Wildman–Crippen LogP) is 6.10. The Labute approximate surface area is 202 Å². The molecule has 1 aliphatic heterocycles. The van der Waals surface area contributed by atoms with Crippen molar-refractivity contribution in [2.45, 2.75) is 77.6 Å². The number of nitrogens with one attached hydrogen (secondary N) is 3.